The van der Waals surface area contributed by atoms with Gasteiger partial charge >= 0.3 is 0 Å². The Bertz CT molecular complexity index is 365. The van der Waals surface area contributed by atoms with Gasteiger partial charge in [0.1, 0.15) is 6.04 Å². The highest BCUT2D eigenvalue weighted by Gasteiger charge is 2.26. The molecule has 0 saturated carbocycles. The maximum absolute atomic E-state index is 11.2. The zero-order valence-corrected chi connectivity index (χ0v) is 8.73. The van der Waals surface area contributed by atoms with Crippen LogP contribution in [0.4, 0.5) is 5.69 Å². The van der Waals surface area contributed by atoms with E-state index in [0.29, 0.717) is 0 Å². The summed E-state index contributed by atoms with van der Waals surface area (Å²) in [6.45, 7) is 2.08. The van der Waals surface area contributed by atoms with Gasteiger partial charge in [0.15, 0.2) is 0 Å². The van der Waals surface area contributed by atoms with Crippen molar-refractivity contribution in [3.63, 3.8) is 0 Å². The van der Waals surface area contributed by atoms with Crippen LogP contribution in [0.25, 0.3) is 0 Å². The Morgan fingerprint density at radius 2 is 2.21 bits per heavy atom. The van der Waals surface area contributed by atoms with Crippen LogP contribution in [0.5, 0.6) is 0 Å². The summed E-state index contributed by atoms with van der Waals surface area (Å²) in [7, 11) is 0. The fraction of sp³-hybridized carbons (Fsp3) is 0.300. The van der Waals surface area contributed by atoms with Gasteiger partial charge in [0.25, 0.3) is 0 Å². The lowest BCUT2D eigenvalue weighted by atomic mass is 10.0. The Kier molecular flexibility index (Phi) is 3.13. The van der Waals surface area contributed by atoms with Gasteiger partial charge in [-0.05, 0) is 18.1 Å². The maximum Gasteiger partial charge on any atom is 0.245 e. The van der Waals surface area contributed by atoms with Crippen molar-refractivity contribution in [1.29, 1.82) is 0 Å². The van der Waals surface area contributed by atoms with Gasteiger partial charge in [-0.25, -0.2) is 0 Å². The summed E-state index contributed by atoms with van der Waals surface area (Å²) < 4.78 is 0. The van der Waals surface area contributed by atoms with E-state index in [-0.39, 0.29) is 18.3 Å². The molecule has 0 radical (unpaired) electrons. The Morgan fingerprint density at radius 3 is 2.86 bits per heavy atom. The van der Waals surface area contributed by atoms with Crippen LogP contribution in [-0.2, 0) is 11.2 Å². The third-order valence-electron chi connectivity index (χ3n) is 2.40. The lowest BCUT2D eigenvalue weighted by Crippen LogP contribution is -2.19. The molecule has 76 valence electrons. The van der Waals surface area contributed by atoms with E-state index in [0.717, 1.165) is 17.7 Å². The summed E-state index contributed by atoms with van der Waals surface area (Å²) in [5.41, 5.74) is 8.69. The van der Waals surface area contributed by atoms with Crippen LogP contribution < -0.4 is 11.1 Å². The first kappa shape index (κ1) is 11.0. The topological polar surface area (TPSA) is 55.1 Å². The molecule has 14 heavy (non-hydrogen) atoms. The minimum atomic E-state index is -0.485. The summed E-state index contributed by atoms with van der Waals surface area (Å²) in [6, 6.07) is 5.44. The number of rotatable bonds is 1. The molecule has 2 rings (SSSR count). The van der Waals surface area contributed by atoms with Gasteiger partial charge in [-0.15, -0.1) is 12.4 Å². The molecule has 0 aliphatic carbocycles. The zero-order valence-electron chi connectivity index (χ0n) is 7.91. The zero-order chi connectivity index (χ0) is 9.42. The van der Waals surface area contributed by atoms with Crippen molar-refractivity contribution in [2.24, 2.45) is 5.73 Å². The van der Waals surface area contributed by atoms with Crippen molar-refractivity contribution in [1.82, 2.24) is 0 Å². The van der Waals surface area contributed by atoms with Crippen LogP contribution in [0.1, 0.15) is 24.1 Å². The number of benzene rings is 1. The van der Waals surface area contributed by atoms with Crippen molar-refractivity contribution in [3.8, 4) is 0 Å². The molecule has 1 aliphatic heterocycles. The highest BCUT2D eigenvalue weighted by molar-refractivity contribution is 6.02. The smallest absolute Gasteiger partial charge is 0.245 e. The van der Waals surface area contributed by atoms with E-state index in [4.69, 9.17) is 5.73 Å². The minimum Gasteiger partial charge on any atom is -0.324 e. The van der Waals surface area contributed by atoms with Crippen LogP contribution in [0.3, 0.4) is 0 Å². The van der Waals surface area contributed by atoms with Gasteiger partial charge in [0.2, 0.25) is 5.91 Å². The van der Waals surface area contributed by atoms with Crippen LogP contribution in [0, 0.1) is 0 Å². The largest absolute Gasteiger partial charge is 0.324 e. The number of nitrogens with one attached hydrogen (secondary N) is 1. The number of halogens is 1. The number of anilines is 1. The SMILES string of the molecule is CCc1ccc2c(c1)C(N)C(=O)N2.Cl. The van der Waals surface area contributed by atoms with Gasteiger partial charge in [-0.3, -0.25) is 4.79 Å². The van der Waals surface area contributed by atoms with E-state index >= 15 is 0 Å². The Labute approximate surface area is 89.1 Å². The number of hydrogen-bond donors (Lipinski definition) is 2. The number of fused-ring (bicyclic) bond motifs is 1. The predicted molar refractivity (Wildman–Crippen MR) is 58.6 cm³/mol. The second kappa shape index (κ2) is 3.98. The number of nitrogens with two attached hydrogens (primary N) is 1. The molecular formula is C10H13ClN2O. The van der Waals surface area contributed by atoms with Crippen LogP contribution in [0.15, 0.2) is 18.2 Å². The normalized spacial score (nSPS) is 18.4. The molecule has 0 saturated heterocycles. The standard InChI is InChI=1S/C10H12N2O.ClH/c1-2-6-3-4-8-7(5-6)9(11)10(13)12-8;/h3-5,9H,2,11H2,1H3,(H,12,13);1H. The summed E-state index contributed by atoms with van der Waals surface area (Å²) in [5, 5.41) is 2.73. The molecule has 1 amide bonds. The van der Waals surface area contributed by atoms with Crippen LogP contribution >= 0.6 is 12.4 Å². The summed E-state index contributed by atoms with van der Waals surface area (Å²) in [6.07, 6.45) is 0.966. The first-order chi connectivity index (χ1) is 6.22. The molecular weight excluding hydrogens is 200 g/mol. The second-order valence-electron chi connectivity index (χ2n) is 3.24. The molecule has 3 N–H and O–H groups in total. The van der Waals surface area contributed by atoms with Crippen LogP contribution in [0.2, 0.25) is 0 Å². The average Bonchev–Trinajstić information content (AvgIpc) is 2.43. The lowest BCUT2D eigenvalue weighted by Gasteiger charge is -2.03. The number of carbonyl (C=O) groups excluding carboxylic acids is 1. The van der Waals surface area contributed by atoms with Crippen molar-refractivity contribution < 1.29 is 4.79 Å². The van der Waals surface area contributed by atoms with Crippen molar-refractivity contribution in [2.75, 3.05) is 5.32 Å². The molecule has 1 aliphatic rings. The van der Waals surface area contributed by atoms with Gasteiger partial charge < -0.3 is 11.1 Å². The van der Waals surface area contributed by atoms with Crippen molar-refractivity contribution >= 4 is 24.0 Å². The monoisotopic (exact) mass is 212 g/mol. The van der Waals surface area contributed by atoms with Crippen molar-refractivity contribution in [3.05, 3.63) is 29.3 Å². The third kappa shape index (κ3) is 1.61. The van der Waals surface area contributed by atoms with Crippen LogP contribution in [-0.4, -0.2) is 5.91 Å². The predicted octanol–water partition coefficient (Wildman–Crippen LogP) is 1.62. The molecule has 4 heteroatoms. The molecule has 0 bridgehead atoms. The fourth-order valence-corrected chi connectivity index (χ4v) is 1.55. The average molecular weight is 213 g/mol. The number of carbonyl (C=O) groups is 1. The first-order valence-electron chi connectivity index (χ1n) is 4.41. The van der Waals surface area contributed by atoms with E-state index in [1.165, 1.54) is 5.56 Å². The van der Waals surface area contributed by atoms with Crippen molar-refractivity contribution in [2.45, 2.75) is 19.4 Å². The lowest BCUT2D eigenvalue weighted by molar-refractivity contribution is -0.116. The number of hydrogen-bond acceptors (Lipinski definition) is 2. The molecule has 1 heterocycles. The van der Waals surface area contributed by atoms with Gasteiger partial charge in [0.05, 0.1) is 0 Å². The molecule has 0 fully saturated rings. The first-order valence-corrected chi connectivity index (χ1v) is 4.41. The Hall–Kier alpha value is -1.06. The number of amides is 1. The van der Waals surface area contributed by atoms with Gasteiger partial charge in [0, 0.05) is 11.3 Å². The summed E-state index contributed by atoms with van der Waals surface area (Å²) in [5.74, 6) is -0.108. The Balaban J connectivity index is 0.000000980. The Morgan fingerprint density at radius 1 is 1.50 bits per heavy atom. The highest BCUT2D eigenvalue weighted by atomic mass is 35.5. The molecule has 1 atom stereocenters. The maximum atomic E-state index is 11.2. The van der Waals surface area contributed by atoms with E-state index < -0.39 is 6.04 Å². The molecule has 0 spiro atoms. The van der Waals surface area contributed by atoms with E-state index in [1.54, 1.807) is 0 Å². The third-order valence-corrected chi connectivity index (χ3v) is 2.40. The molecule has 0 aromatic heterocycles. The molecule has 1 aromatic carbocycles. The minimum absolute atomic E-state index is 0. The summed E-state index contributed by atoms with van der Waals surface area (Å²) >= 11 is 0. The van der Waals surface area contributed by atoms with E-state index in [9.17, 15) is 4.79 Å². The number of aryl methyl sites for hydroxylation is 1. The van der Waals surface area contributed by atoms with E-state index in [1.807, 2.05) is 18.2 Å². The quantitative estimate of drug-likeness (QED) is 0.744. The molecule has 3 nitrogen and oxygen atoms in total. The van der Waals surface area contributed by atoms with Gasteiger partial charge in [-0.1, -0.05) is 19.1 Å². The fourth-order valence-electron chi connectivity index (χ4n) is 1.55. The highest BCUT2D eigenvalue weighted by Crippen LogP contribution is 2.29. The van der Waals surface area contributed by atoms with Gasteiger partial charge in [-0.2, -0.15) is 0 Å². The molecule has 1 unspecified atom stereocenters. The molecule has 1 aromatic rings. The van der Waals surface area contributed by atoms with E-state index in [2.05, 4.69) is 12.2 Å². The summed E-state index contributed by atoms with van der Waals surface area (Å²) in [4.78, 5) is 11.2. The second-order valence-corrected chi connectivity index (χ2v) is 3.24.